The van der Waals surface area contributed by atoms with Crippen LogP contribution in [0.4, 0.5) is 0 Å². The van der Waals surface area contributed by atoms with Crippen LogP contribution in [0.3, 0.4) is 0 Å². The zero-order valence-electron chi connectivity index (χ0n) is 24.6. The standard InChI is InChI=1S/C32H52O4/c1-20(2)23(34)12-15-29(6)18-19-31(8)22(27(29)35)10-11-25-30(7)16-14-26(36-21(3)33)28(4,5)24(30)13-17-32(25,31)9/h20,22,24-26H,10-19H2,1-9H3/t22-,24+,25-,26+,29+,30+,31-,32-/m1/s1. The Labute approximate surface area is 220 Å². The van der Waals surface area contributed by atoms with Gasteiger partial charge in [-0.15, -0.1) is 0 Å². The zero-order valence-corrected chi connectivity index (χ0v) is 24.6. The second kappa shape index (κ2) is 8.94. The summed E-state index contributed by atoms with van der Waals surface area (Å²) in [5.74, 6) is 1.82. The average molecular weight is 501 g/mol. The first-order chi connectivity index (χ1) is 16.5. The normalized spacial score (nSPS) is 45.9. The van der Waals surface area contributed by atoms with Crippen LogP contribution >= 0.6 is 0 Å². The van der Waals surface area contributed by atoms with Crippen LogP contribution < -0.4 is 0 Å². The molecule has 4 rings (SSSR count). The first-order valence-electron chi connectivity index (χ1n) is 14.8. The Morgan fingerprint density at radius 3 is 2.14 bits per heavy atom. The molecule has 204 valence electrons. The fraction of sp³-hybridized carbons (Fsp3) is 0.906. The van der Waals surface area contributed by atoms with Gasteiger partial charge in [0.15, 0.2) is 0 Å². The summed E-state index contributed by atoms with van der Waals surface area (Å²) in [6.07, 6.45) is 9.66. The summed E-state index contributed by atoms with van der Waals surface area (Å²) >= 11 is 0. The number of hydrogen-bond donors (Lipinski definition) is 0. The van der Waals surface area contributed by atoms with Crippen molar-refractivity contribution in [2.24, 2.45) is 50.7 Å². The lowest BCUT2D eigenvalue weighted by molar-refractivity contribution is -0.235. The van der Waals surface area contributed by atoms with Crippen molar-refractivity contribution in [2.45, 2.75) is 133 Å². The summed E-state index contributed by atoms with van der Waals surface area (Å²) in [6.45, 7) is 19.8. The van der Waals surface area contributed by atoms with Crippen molar-refractivity contribution in [3.8, 4) is 0 Å². The van der Waals surface area contributed by atoms with Crippen molar-refractivity contribution in [3.05, 3.63) is 0 Å². The van der Waals surface area contributed by atoms with Crippen LogP contribution in [0.15, 0.2) is 0 Å². The van der Waals surface area contributed by atoms with E-state index in [2.05, 4.69) is 41.5 Å². The molecule has 4 saturated carbocycles. The van der Waals surface area contributed by atoms with E-state index in [9.17, 15) is 14.4 Å². The number of rotatable bonds is 5. The lowest BCUT2D eigenvalue weighted by atomic mass is 9.33. The maximum absolute atomic E-state index is 14.1. The maximum atomic E-state index is 14.1. The summed E-state index contributed by atoms with van der Waals surface area (Å²) < 4.78 is 5.85. The molecule has 4 fully saturated rings. The van der Waals surface area contributed by atoms with Crippen LogP contribution in [0.2, 0.25) is 0 Å². The molecule has 4 aliphatic carbocycles. The van der Waals surface area contributed by atoms with E-state index < -0.39 is 0 Å². The third kappa shape index (κ3) is 3.94. The van der Waals surface area contributed by atoms with Crippen molar-refractivity contribution in [1.82, 2.24) is 0 Å². The number of esters is 1. The van der Waals surface area contributed by atoms with E-state index in [0.717, 1.165) is 51.4 Å². The first-order valence-corrected chi connectivity index (χ1v) is 14.8. The molecule has 36 heavy (non-hydrogen) atoms. The van der Waals surface area contributed by atoms with Crippen LogP contribution in [0, 0.1) is 50.7 Å². The van der Waals surface area contributed by atoms with Crippen molar-refractivity contribution in [2.75, 3.05) is 0 Å². The lowest BCUT2D eigenvalue weighted by Gasteiger charge is -2.71. The van der Waals surface area contributed by atoms with E-state index in [4.69, 9.17) is 4.74 Å². The molecular weight excluding hydrogens is 448 g/mol. The molecule has 0 aromatic heterocycles. The Bertz CT molecular complexity index is 919. The van der Waals surface area contributed by atoms with E-state index in [1.807, 2.05) is 13.8 Å². The van der Waals surface area contributed by atoms with Crippen molar-refractivity contribution in [1.29, 1.82) is 0 Å². The van der Waals surface area contributed by atoms with E-state index in [0.29, 0.717) is 30.5 Å². The minimum atomic E-state index is -0.358. The molecule has 0 heterocycles. The van der Waals surface area contributed by atoms with Gasteiger partial charge in [-0.1, -0.05) is 55.4 Å². The van der Waals surface area contributed by atoms with Crippen LogP contribution in [-0.2, 0) is 19.1 Å². The highest BCUT2D eigenvalue weighted by Crippen LogP contribution is 2.74. The van der Waals surface area contributed by atoms with E-state index in [1.165, 1.54) is 6.92 Å². The fourth-order valence-corrected chi connectivity index (χ4v) is 10.2. The molecule has 0 aromatic rings. The molecule has 0 N–H and O–H groups in total. The fourth-order valence-electron chi connectivity index (χ4n) is 10.2. The van der Waals surface area contributed by atoms with Crippen LogP contribution in [0.5, 0.6) is 0 Å². The highest BCUT2D eigenvalue weighted by Gasteiger charge is 2.69. The topological polar surface area (TPSA) is 60.4 Å². The Morgan fingerprint density at radius 2 is 1.53 bits per heavy atom. The molecule has 4 nitrogen and oxygen atoms in total. The van der Waals surface area contributed by atoms with Gasteiger partial charge in [-0.3, -0.25) is 14.4 Å². The maximum Gasteiger partial charge on any atom is 0.302 e. The van der Waals surface area contributed by atoms with Gasteiger partial charge < -0.3 is 4.74 Å². The Hall–Kier alpha value is -1.19. The van der Waals surface area contributed by atoms with Gasteiger partial charge in [-0.25, -0.2) is 0 Å². The van der Waals surface area contributed by atoms with Gasteiger partial charge in [0.1, 0.15) is 17.7 Å². The summed E-state index contributed by atoms with van der Waals surface area (Å²) in [4.78, 5) is 38.4. The van der Waals surface area contributed by atoms with Gasteiger partial charge in [-0.2, -0.15) is 0 Å². The number of carbonyl (C=O) groups excluding carboxylic acids is 3. The predicted octanol–water partition coefficient (Wildman–Crippen LogP) is 7.57. The monoisotopic (exact) mass is 500 g/mol. The minimum absolute atomic E-state index is 0.00475. The average Bonchev–Trinajstić information content (AvgIpc) is 2.78. The number of ketones is 2. The first kappa shape index (κ1) is 27.8. The minimum Gasteiger partial charge on any atom is -0.462 e. The van der Waals surface area contributed by atoms with Gasteiger partial charge in [0.05, 0.1) is 0 Å². The molecule has 0 saturated heterocycles. The molecule has 8 atom stereocenters. The quantitative estimate of drug-likeness (QED) is 0.365. The summed E-state index contributed by atoms with van der Waals surface area (Å²) in [5, 5.41) is 0. The number of hydrogen-bond acceptors (Lipinski definition) is 4. The number of carbonyl (C=O) groups is 3. The SMILES string of the molecule is CC(=O)O[C@H]1CC[C@]2(C)[C@H]3CC[C@@H]4C(=O)[C@@](C)(CCC(=O)C(C)C)CC[C@@]4(C)[C@]3(C)CC[C@H]2C1(C)C. The highest BCUT2D eigenvalue weighted by atomic mass is 16.5. The third-order valence-corrected chi connectivity index (χ3v) is 12.8. The lowest BCUT2D eigenvalue weighted by Crippen LogP contribution is -2.66. The van der Waals surface area contributed by atoms with Crippen molar-refractivity contribution in [3.63, 3.8) is 0 Å². The summed E-state index contributed by atoms with van der Waals surface area (Å²) in [5.41, 5.74) is -0.0466. The Balaban J connectivity index is 1.60. The summed E-state index contributed by atoms with van der Waals surface area (Å²) in [6, 6.07) is 0. The second-order valence-corrected chi connectivity index (χ2v) is 15.1. The highest BCUT2D eigenvalue weighted by molar-refractivity contribution is 5.89. The van der Waals surface area contributed by atoms with Crippen LogP contribution in [0.1, 0.15) is 127 Å². The Morgan fingerprint density at radius 1 is 0.861 bits per heavy atom. The molecule has 0 aliphatic heterocycles. The molecule has 0 aromatic carbocycles. The van der Waals surface area contributed by atoms with E-state index in [-0.39, 0.29) is 56.8 Å². The number of ether oxygens (including phenoxy) is 1. The van der Waals surface area contributed by atoms with Crippen molar-refractivity contribution < 1.29 is 19.1 Å². The largest absolute Gasteiger partial charge is 0.462 e. The predicted molar refractivity (Wildman–Crippen MR) is 143 cm³/mol. The molecule has 4 aliphatic rings. The molecule has 0 amide bonds. The van der Waals surface area contributed by atoms with Crippen molar-refractivity contribution >= 4 is 17.5 Å². The van der Waals surface area contributed by atoms with Gasteiger partial charge in [0, 0.05) is 36.0 Å². The van der Waals surface area contributed by atoms with Gasteiger partial charge in [-0.05, 0) is 85.9 Å². The van der Waals surface area contributed by atoms with Gasteiger partial charge >= 0.3 is 5.97 Å². The number of fused-ring (bicyclic) bond motifs is 5. The Kier molecular flexibility index (Phi) is 6.91. The summed E-state index contributed by atoms with van der Waals surface area (Å²) in [7, 11) is 0. The molecule has 0 bridgehead atoms. The molecule has 0 unspecified atom stereocenters. The molecule has 0 spiro atoms. The van der Waals surface area contributed by atoms with E-state index in [1.54, 1.807) is 0 Å². The smallest absolute Gasteiger partial charge is 0.302 e. The second-order valence-electron chi connectivity index (χ2n) is 15.1. The van der Waals surface area contributed by atoms with Gasteiger partial charge in [0.2, 0.25) is 0 Å². The van der Waals surface area contributed by atoms with Crippen LogP contribution in [-0.4, -0.2) is 23.6 Å². The van der Waals surface area contributed by atoms with Gasteiger partial charge in [0.25, 0.3) is 0 Å². The number of Topliss-reactive ketones (excluding diaryl/α,β-unsaturated/α-hetero) is 2. The van der Waals surface area contributed by atoms with Crippen LogP contribution in [0.25, 0.3) is 0 Å². The zero-order chi connectivity index (χ0) is 26.9. The van der Waals surface area contributed by atoms with E-state index >= 15 is 0 Å². The molecule has 0 radical (unpaired) electrons. The molecular formula is C32H52O4. The third-order valence-electron chi connectivity index (χ3n) is 12.8. The molecule has 4 heteroatoms.